The zero-order chi connectivity index (χ0) is 17.9. The number of nitrogens with zero attached hydrogens (tertiary/aromatic N) is 3. The van der Waals surface area contributed by atoms with Crippen LogP contribution in [-0.2, 0) is 4.79 Å². The summed E-state index contributed by atoms with van der Waals surface area (Å²) in [7, 11) is 0. The molecule has 0 unspecified atom stereocenters. The Balaban J connectivity index is 2.79. The molecule has 0 bridgehead atoms. The van der Waals surface area contributed by atoms with E-state index in [0.29, 0.717) is 0 Å². The number of rotatable bonds is 4. The van der Waals surface area contributed by atoms with Gasteiger partial charge in [0.15, 0.2) is 0 Å². The number of aromatic nitrogens is 1. The van der Waals surface area contributed by atoms with Crippen LogP contribution in [0.25, 0.3) is 11.1 Å². The molecule has 0 aliphatic carbocycles. The highest BCUT2D eigenvalue weighted by atomic mass is 32.2. The van der Waals surface area contributed by atoms with Crippen LogP contribution < -0.4 is 11.5 Å². The fourth-order valence-electron chi connectivity index (χ4n) is 2.07. The lowest BCUT2D eigenvalue weighted by Gasteiger charge is -2.13. The van der Waals surface area contributed by atoms with Gasteiger partial charge in [0.2, 0.25) is 5.91 Å². The van der Waals surface area contributed by atoms with Crippen LogP contribution >= 0.6 is 11.8 Å². The third-order valence-corrected chi connectivity index (χ3v) is 3.96. The molecule has 2 aromatic rings. The molecule has 8 nitrogen and oxygen atoms in total. The van der Waals surface area contributed by atoms with Crippen molar-refractivity contribution in [2.45, 2.75) is 5.03 Å². The molecule has 0 aliphatic rings. The van der Waals surface area contributed by atoms with Gasteiger partial charge >= 0.3 is 0 Å². The van der Waals surface area contributed by atoms with Gasteiger partial charge in [0.1, 0.15) is 40.0 Å². The minimum Gasteiger partial charge on any atom is -0.508 e. The van der Waals surface area contributed by atoms with Gasteiger partial charge in [-0.1, -0.05) is 11.8 Å². The maximum atomic E-state index is 11.0. The topological polar surface area (TPSA) is 170 Å². The maximum Gasteiger partial charge on any atom is 0.227 e. The van der Waals surface area contributed by atoms with E-state index in [0.717, 1.165) is 17.8 Å². The van der Waals surface area contributed by atoms with Gasteiger partial charge < -0.3 is 21.7 Å². The van der Waals surface area contributed by atoms with Crippen LogP contribution in [0.1, 0.15) is 11.1 Å². The summed E-state index contributed by atoms with van der Waals surface area (Å²) in [5.41, 5.74) is 11.1. The number of nitrogen functional groups attached to an aromatic ring is 1. The van der Waals surface area contributed by atoms with Crippen molar-refractivity contribution < 1.29 is 15.0 Å². The number of benzene rings is 1. The number of nitriles is 2. The van der Waals surface area contributed by atoms with Crippen LogP contribution in [0.2, 0.25) is 0 Å². The number of pyridine rings is 1. The lowest BCUT2D eigenvalue weighted by molar-refractivity contribution is -0.115. The zero-order valence-electron chi connectivity index (χ0n) is 12.1. The molecule has 0 fully saturated rings. The minimum absolute atomic E-state index is 0.00278. The highest BCUT2D eigenvalue weighted by Gasteiger charge is 2.21. The summed E-state index contributed by atoms with van der Waals surface area (Å²) in [5, 5.41) is 38.3. The summed E-state index contributed by atoms with van der Waals surface area (Å²) >= 11 is 0.908. The largest absolute Gasteiger partial charge is 0.508 e. The summed E-state index contributed by atoms with van der Waals surface area (Å²) in [6.45, 7) is 0. The van der Waals surface area contributed by atoms with Crippen LogP contribution in [0.15, 0.2) is 23.2 Å². The van der Waals surface area contributed by atoms with Crippen molar-refractivity contribution in [1.82, 2.24) is 4.98 Å². The Morgan fingerprint density at radius 2 is 1.75 bits per heavy atom. The van der Waals surface area contributed by atoms with Crippen molar-refractivity contribution >= 4 is 23.5 Å². The summed E-state index contributed by atoms with van der Waals surface area (Å²) in [6, 6.07) is 7.45. The predicted octanol–water partition coefficient (Wildman–Crippen LogP) is 1.06. The highest BCUT2D eigenvalue weighted by Crippen LogP contribution is 2.38. The number of primary amides is 1. The second-order valence-electron chi connectivity index (χ2n) is 4.64. The van der Waals surface area contributed by atoms with E-state index in [1.165, 1.54) is 12.1 Å². The molecule has 9 heteroatoms. The van der Waals surface area contributed by atoms with E-state index in [4.69, 9.17) is 11.5 Å². The first-order valence-corrected chi connectivity index (χ1v) is 7.44. The van der Waals surface area contributed by atoms with Gasteiger partial charge in [0.25, 0.3) is 0 Å². The molecule has 6 N–H and O–H groups in total. The van der Waals surface area contributed by atoms with Crippen molar-refractivity contribution in [1.29, 1.82) is 10.5 Å². The smallest absolute Gasteiger partial charge is 0.227 e. The SMILES string of the molecule is N#Cc1c(N)nc(SCC(N)=O)c(C#N)c1-c1cc(O)cc(O)c1. The van der Waals surface area contributed by atoms with Crippen molar-refractivity contribution in [3.8, 4) is 34.8 Å². The Morgan fingerprint density at radius 1 is 1.17 bits per heavy atom. The second kappa shape index (κ2) is 6.77. The van der Waals surface area contributed by atoms with Crippen molar-refractivity contribution in [2.24, 2.45) is 5.73 Å². The molecule has 1 aromatic carbocycles. The van der Waals surface area contributed by atoms with Crippen LogP contribution in [0, 0.1) is 22.7 Å². The number of nitrogens with two attached hydrogens (primary N) is 2. The van der Waals surface area contributed by atoms with Crippen LogP contribution in [0.5, 0.6) is 11.5 Å². The Kier molecular flexibility index (Phi) is 4.78. The van der Waals surface area contributed by atoms with Crippen molar-refractivity contribution in [2.75, 3.05) is 11.5 Å². The van der Waals surface area contributed by atoms with E-state index in [1.807, 2.05) is 12.1 Å². The number of hydrogen-bond acceptors (Lipinski definition) is 8. The summed E-state index contributed by atoms with van der Waals surface area (Å²) in [4.78, 5) is 14.9. The molecule has 0 radical (unpaired) electrons. The molecule has 0 saturated carbocycles. The van der Waals surface area contributed by atoms with Gasteiger partial charge in [0.05, 0.1) is 11.3 Å². The van der Waals surface area contributed by atoms with Gasteiger partial charge in [-0.05, 0) is 17.7 Å². The molecule has 120 valence electrons. The number of phenols is 2. The second-order valence-corrected chi connectivity index (χ2v) is 5.61. The Hall–Kier alpha value is -3.43. The molecule has 0 spiro atoms. The molecular formula is C15H11N5O3S. The number of carbonyl (C=O) groups excluding carboxylic acids is 1. The number of aromatic hydroxyl groups is 2. The highest BCUT2D eigenvalue weighted by molar-refractivity contribution is 8.00. The van der Waals surface area contributed by atoms with E-state index in [-0.39, 0.29) is 50.3 Å². The predicted molar refractivity (Wildman–Crippen MR) is 86.8 cm³/mol. The molecule has 0 atom stereocenters. The third kappa shape index (κ3) is 3.32. The van der Waals surface area contributed by atoms with Gasteiger partial charge in [-0.15, -0.1) is 0 Å². The quantitative estimate of drug-likeness (QED) is 0.598. The van der Waals surface area contributed by atoms with E-state index >= 15 is 0 Å². The number of phenolic OH excluding ortho intramolecular Hbond substituents is 2. The third-order valence-electron chi connectivity index (χ3n) is 2.96. The van der Waals surface area contributed by atoms with Gasteiger partial charge in [-0.2, -0.15) is 10.5 Å². The number of amides is 1. The lowest BCUT2D eigenvalue weighted by Crippen LogP contribution is -2.14. The fourth-order valence-corrected chi connectivity index (χ4v) is 2.80. The van der Waals surface area contributed by atoms with E-state index in [2.05, 4.69) is 4.98 Å². The zero-order valence-corrected chi connectivity index (χ0v) is 13.0. The van der Waals surface area contributed by atoms with Gasteiger partial charge in [-0.3, -0.25) is 4.79 Å². The van der Waals surface area contributed by atoms with E-state index < -0.39 is 5.91 Å². The Labute approximate surface area is 141 Å². The average molecular weight is 341 g/mol. The Morgan fingerprint density at radius 3 is 2.25 bits per heavy atom. The van der Waals surface area contributed by atoms with Crippen LogP contribution in [0.4, 0.5) is 5.82 Å². The number of carbonyl (C=O) groups is 1. The maximum absolute atomic E-state index is 11.0. The first kappa shape index (κ1) is 16.9. The summed E-state index contributed by atoms with van der Waals surface area (Å²) in [6.07, 6.45) is 0. The molecule has 1 aromatic heterocycles. The monoisotopic (exact) mass is 341 g/mol. The molecule has 0 aliphatic heterocycles. The molecule has 24 heavy (non-hydrogen) atoms. The number of hydrogen-bond donors (Lipinski definition) is 4. The lowest BCUT2D eigenvalue weighted by atomic mass is 9.96. The molecule has 1 amide bonds. The first-order chi connectivity index (χ1) is 11.4. The number of anilines is 1. The summed E-state index contributed by atoms with van der Waals surface area (Å²) in [5.74, 6) is -1.37. The normalized spacial score (nSPS) is 9.92. The fraction of sp³-hybridized carbons (Fsp3) is 0.0667. The van der Waals surface area contributed by atoms with Crippen LogP contribution in [-0.4, -0.2) is 26.9 Å². The first-order valence-electron chi connectivity index (χ1n) is 6.45. The van der Waals surface area contributed by atoms with Crippen LogP contribution in [0.3, 0.4) is 0 Å². The standard InChI is InChI=1S/C15H11N5O3S/c16-4-10-13(7-1-8(21)3-9(22)2-7)11(5-17)15(20-14(10)19)24-6-12(18)23/h1-3,21-22H,6H2,(H2,18,23)(H2,19,20). The minimum atomic E-state index is -0.606. The van der Waals surface area contributed by atoms with Gasteiger partial charge in [-0.25, -0.2) is 4.98 Å². The summed E-state index contributed by atoms with van der Waals surface area (Å²) < 4.78 is 0. The molecular weight excluding hydrogens is 330 g/mol. The average Bonchev–Trinajstić information content (AvgIpc) is 2.51. The molecule has 1 heterocycles. The number of thioether (sulfide) groups is 1. The molecule has 2 rings (SSSR count). The van der Waals surface area contributed by atoms with Crippen molar-refractivity contribution in [3.05, 3.63) is 29.3 Å². The van der Waals surface area contributed by atoms with Crippen molar-refractivity contribution in [3.63, 3.8) is 0 Å². The van der Waals surface area contributed by atoms with Gasteiger partial charge in [0, 0.05) is 11.6 Å². The van der Waals surface area contributed by atoms with E-state index in [9.17, 15) is 25.5 Å². The Bertz CT molecular complexity index is 895. The van der Waals surface area contributed by atoms with E-state index in [1.54, 1.807) is 0 Å². The molecule has 0 saturated heterocycles.